The Morgan fingerprint density at radius 2 is 1.76 bits per heavy atom. The molecule has 0 aliphatic rings. The predicted octanol–water partition coefficient (Wildman–Crippen LogP) is 3.35. The smallest absolute Gasteiger partial charge is 0.266 e. The molecule has 0 spiro atoms. The highest BCUT2D eigenvalue weighted by atomic mass is 16.5. The van der Waals surface area contributed by atoms with Crippen molar-refractivity contribution in [1.82, 2.24) is 9.78 Å². The van der Waals surface area contributed by atoms with Gasteiger partial charge in [0.1, 0.15) is 0 Å². The molecule has 0 aliphatic carbocycles. The van der Waals surface area contributed by atoms with Gasteiger partial charge in [-0.15, -0.1) is 0 Å². The third-order valence-corrected chi connectivity index (χ3v) is 4.38. The van der Waals surface area contributed by atoms with Crippen molar-refractivity contribution in [2.24, 2.45) is 0 Å². The molecule has 7 heteroatoms. The largest absolute Gasteiger partial charge is 0.493 e. The fourth-order valence-electron chi connectivity index (χ4n) is 2.90. The average Bonchev–Trinajstić information content (AvgIpc) is 2.75. The summed E-state index contributed by atoms with van der Waals surface area (Å²) in [5, 5.41) is 7.23. The van der Waals surface area contributed by atoms with Gasteiger partial charge in [0.2, 0.25) is 5.91 Å². The van der Waals surface area contributed by atoms with Crippen LogP contribution in [-0.2, 0) is 11.3 Å². The normalized spacial score (nSPS) is 10.4. The molecule has 0 bridgehead atoms. The first-order valence-corrected chi connectivity index (χ1v) is 9.26. The number of aromatic nitrogens is 2. The van der Waals surface area contributed by atoms with Crippen molar-refractivity contribution in [3.05, 3.63) is 71.0 Å². The molecule has 3 aromatic rings. The van der Waals surface area contributed by atoms with Crippen LogP contribution >= 0.6 is 0 Å². The molecule has 0 aliphatic heterocycles. The minimum atomic E-state index is -0.190. The van der Waals surface area contributed by atoms with Crippen LogP contribution in [0.2, 0.25) is 0 Å². The van der Waals surface area contributed by atoms with E-state index in [0.29, 0.717) is 30.2 Å². The van der Waals surface area contributed by atoms with Crippen LogP contribution in [0.5, 0.6) is 11.5 Å². The number of rotatable bonds is 8. The molecule has 0 atom stereocenters. The summed E-state index contributed by atoms with van der Waals surface area (Å²) in [5.41, 5.74) is 2.09. The number of anilines is 1. The zero-order chi connectivity index (χ0) is 20.6. The van der Waals surface area contributed by atoms with E-state index in [1.165, 1.54) is 17.9 Å². The minimum Gasteiger partial charge on any atom is -0.493 e. The lowest BCUT2D eigenvalue weighted by Gasteiger charge is -2.11. The summed E-state index contributed by atoms with van der Waals surface area (Å²) < 4.78 is 11.8. The van der Waals surface area contributed by atoms with E-state index in [1.807, 2.05) is 30.3 Å². The number of aryl methyl sites for hydroxylation is 1. The highest BCUT2D eigenvalue weighted by molar-refractivity contribution is 5.91. The number of amides is 1. The van der Waals surface area contributed by atoms with Crippen molar-refractivity contribution < 1.29 is 14.3 Å². The number of hydrogen-bond donors (Lipinski definition) is 1. The van der Waals surface area contributed by atoms with Crippen LogP contribution in [0.4, 0.5) is 5.69 Å². The molecule has 1 aromatic heterocycles. The molecule has 2 aromatic carbocycles. The Bertz CT molecular complexity index is 1030. The third kappa shape index (κ3) is 5.22. The third-order valence-electron chi connectivity index (χ3n) is 4.38. The average molecular weight is 393 g/mol. The lowest BCUT2D eigenvalue weighted by molar-refractivity contribution is -0.116. The van der Waals surface area contributed by atoms with Gasteiger partial charge in [0.25, 0.3) is 5.56 Å². The summed E-state index contributed by atoms with van der Waals surface area (Å²) in [6, 6.07) is 18.0. The van der Waals surface area contributed by atoms with Crippen molar-refractivity contribution in [2.75, 3.05) is 19.5 Å². The van der Waals surface area contributed by atoms with Crippen molar-refractivity contribution in [3.8, 4) is 22.8 Å². The summed E-state index contributed by atoms with van der Waals surface area (Å²) in [7, 11) is 3.09. The van der Waals surface area contributed by atoms with E-state index in [9.17, 15) is 9.59 Å². The Kier molecular flexibility index (Phi) is 6.63. The Hall–Kier alpha value is -3.61. The molecule has 0 saturated heterocycles. The first-order chi connectivity index (χ1) is 14.1. The summed E-state index contributed by atoms with van der Waals surface area (Å²) in [5.74, 6) is 0.984. The van der Waals surface area contributed by atoms with Crippen LogP contribution in [0.15, 0.2) is 65.5 Å². The summed E-state index contributed by atoms with van der Waals surface area (Å²) in [6.45, 7) is 0.360. The van der Waals surface area contributed by atoms with Crippen LogP contribution in [0.1, 0.15) is 12.8 Å². The first-order valence-electron chi connectivity index (χ1n) is 9.26. The van der Waals surface area contributed by atoms with Gasteiger partial charge in [0.15, 0.2) is 11.5 Å². The Morgan fingerprint density at radius 1 is 1.00 bits per heavy atom. The lowest BCUT2D eigenvalue weighted by atomic mass is 10.1. The van der Waals surface area contributed by atoms with E-state index >= 15 is 0 Å². The van der Waals surface area contributed by atoms with Gasteiger partial charge in [0.05, 0.1) is 19.9 Å². The number of benzene rings is 2. The van der Waals surface area contributed by atoms with Gasteiger partial charge in [-0.1, -0.05) is 30.3 Å². The van der Waals surface area contributed by atoms with Gasteiger partial charge < -0.3 is 14.8 Å². The zero-order valence-corrected chi connectivity index (χ0v) is 16.4. The van der Waals surface area contributed by atoms with E-state index in [0.717, 1.165) is 11.3 Å². The van der Waals surface area contributed by atoms with Crippen LogP contribution < -0.4 is 20.3 Å². The van der Waals surface area contributed by atoms with Gasteiger partial charge in [-0.3, -0.25) is 9.59 Å². The van der Waals surface area contributed by atoms with Gasteiger partial charge >= 0.3 is 0 Å². The van der Waals surface area contributed by atoms with Crippen molar-refractivity contribution in [2.45, 2.75) is 19.4 Å². The number of nitrogens with zero attached hydrogens (tertiary/aromatic N) is 2. The van der Waals surface area contributed by atoms with E-state index < -0.39 is 0 Å². The Balaban J connectivity index is 1.59. The van der Waals surface area contributed by atoms with Crippen molar-refractivity contribution >= 4 is 11.6 Å². The monoisotopic (exact) mass is 393 g/mol. The number of hydrogen-bond acceptors (Lipinski definition) is 5. The van der Waals surface area contributed by atoms with Crippen LogP contribution in [0.3, 0.4) is 0 Å². The van der Waals surface area contributed by atoms with Gasteiger partial charge in [0, 0.05) is 36.3 Å². The minimum absolute atomic E-state index is 0.149. The molecular weight excluding hydrogens is 370 g/mol. The maximum atomic E-state index is 12.2. The van der Waals surface area contributed by atoms with Crippen LogP contribution in [-0.4, -0.2) is 29.9 Å². The molecule has 0 saturated carbocycles. The zero-order valence-electron chi connectivity index (χ0n) is 16.4. The van der Waals surface area contributed by atoms with Gasteiger partial charge in [-0.2, -0.15) is 5.10 Å². The summed E-state index contributed by atoms with van der Waals surface area (Å²) in [6.07, 6.45) is 0.752. The van der Waals surface area contributed by atoms with Gasteiger partial charge in [-0.25, -0.2) is 4.68 Å². The number of ether oxygens (including phenoxy) is 2. The highest BCUT2D eigenvalue weighted by Gasteiger charge is 2.08. The molecule has 1 amide bonds. The van der Waals surface area contributed by atoms with E-state index in [1.54, 1.807) is 31.4 Å². The standard InChI is InChI=1S/C22H23N3O4/c1-28-19-12-10-17(15-20(19)29-2)23-21(26)9-6-14-25-22(27)13-11-18(24-25)16-7-4-3-5-8-16/h3-5,7-8,10-13,15H,6,9,14H2,1-2H3,(H,23,26). The second-order valence-electron chi connectivity index (χ2n) is 6.37. The fourth-order valence-corrected chi connectivity index (χ4v) is 2.90. The molecule has 0 fully saturated rings. The number of nitrogens with one attached hydrogen (secondary N) is 1. The second kappa shape index (κ2) is 9.54. The Morgan fingerprint density at radius 3 is 2.48 bits per heavy atom. The molecule has 0 unspecified atom stereocenters. The summed E-state index contributed by atoms with van der Waals surface area (Å²) in [4.78, 5) is 24.3. The molecule has 7 nitrogen and oxygen atoms in total. The molecule has 150 valence electrons. The second-order valence-corrected chi connectivity index (χ2v) is 6.37. The maximum absolute atomic E-state index is 12.2. The number of methoxy groups -OCH3 is 2. The number of carbonyl (C=O) groups excluding carboxylic acids is 1. The van der Waals surface area contributed by atoms with E-state index in [2.05, 4.69) is 10.4 Å². The molecule has 3 rings (SSSR count). The van der Waals surface area contributed by atoms with Crippen LogP contribution in [0, 0.1) is 0 Å². The van der Waals surface area contributed by atoms with E-state index in [-0.39, 0.29) is 17.9 Å². The maximum Gasteiger partial charge on any atom is 0.266 e. The number of carbonyl (C=O) groups is 1. The van der Waals surface area contributed by atoms with E-state index in [4.69, 9.17) is 9.47 Å². The fraction of sp³-hybridized carbons (Fsp3) is 0.227. The summed E-state index contributed by atoms with van der Waals surface area (Å²) >= 11 is 0. The van der Waals surface area contributed by atoms with Crippen molar-refractivity contribution in [1.29, 1.82) is 0 Å². The molecular formula is C22H23N3O4. The molecule has 0 radical (unpaired) electrons. The molecule has 1 heterocycles. The Labute approximate surface area is 168 Å². The van der Waals surface area contributed by atoms with Crippen LogP contribution in [0.25, 0.3) is 11.3 Å². The topological polar surface area (TPSA) is 82.5 Å². The SMILES string of the molecule is COc1ccc(NC(=O)CCCn2nc(-c3ccccc3)ccc2=O)cc1OC. The molecule has 29 heavy (non-hydrogen) atoms. The van der Waals surface area contributed by atoms with Gasteiger partial charge in [-0.05, 0) is 24.6 Å². The predicted molar refractivity (Wildman–Crippen MR) is 111 cm³/mol. The first kappa shape index (κ1) is 20.1. The van der Waals surface area contributed by atoms with Crippen molar-refractivity contribution in [3.63, 3.8) is 0 Å². The lowest BCUT2D eigenvalue weighted by Crippen LogP contribution is -2.23. The molecule has 1 N–H and O–H groups in total. The highest BCUT2D eigenvalue weighted by Crippen LogP contribution is 2.29. The quantitative estimate of drug-likeness (QED) is 0.635.